The fourth-order valence-electron chi connectivity index (χ4n) is 3.50. The number of ether oxygens (including phenoxy) is 4. The van der Waals surface area contributed by atoms with Crippen molar-refractivity contribution < 1.29 is 18.9 Å². The Labute approximate surface area is 164 Å². The lowest BCUT2D eigenvalue weighted by Gasteiger charge is -2.36. The molecule has 0 radical (unpaired) electrons. The summed E-state index contributed by atoms with van der Waals surface area (Å²) in [7, 11) is 6.25. The van der Waals surface area contributed by atoms with Crippen LogP contribution in [-0.2, 0) is 11.3 Å². The Morgan fingerprint density at radius 2 is 1.78 bits per heavy atom. The van der Waals surface area contributed by atoms with Crippen molar-refractivity contribution in [2.24, 2.45) is 0 Å². The molecule has 27 heavy (non-hydrogen) atoms. The van der Waals surface area contributed by atoms with Gasteiger partial charge in [0.25, 0.3) is 5.56 Å². The number of methoxy groups -OCH3 is 4. The third kappa shape index (κ3) is 3.83. The number of nitrogens with one attached hydrogen (secondary N) is 1. The van der Waals surface area contributed by atoms with Crippen molar-refractivity contribution in [3.05, 3.63) is 22.7 Å². The SMILES string of the molecule is COc1cc2c(=O)n(CC3(OC)CCNCC3)cnc2c(OC)c1OC.Cl. The number of halogens is 1. The van der Waals surface area contributed by atoms with Gasteiger partial charge >= 0.3 is 0 Å². The zero-order valence-corrected chi connectivity index (χ0v) is 16.9. The van der Waals surface area contributed by atoms with Gasteiger partial charge in [-0.05, 0) is 32.0 Å². The molecule has 2 aromatic rings. The van der Waals surface area contributed by atoms with Gasteiger partial charge in [-0.1, -0.05) is 0 Å². The first-order valence-corrected chi connectivity index (χ1v) is 8.53. The second kappa shape index (κ2) is 8.77. The summed E-state index contributed by atoms with van der Waals surface area (Å²) in [6, 6.07) is 1.64. The molecule has 0 saturated carbocycles. The highest BCUT2D eigenvalue weighted by molar-refractivity contribution is 5.89. The normalized spacial score (nSPS) is 15.9. The summed E-state index contributed by atoms with van der Waals surface area (Å²) >= 11 is 0. The summed E-state index contributed by atoms with van der Waals surface area (Å²) in [6.45, 7) is 2.18. The van der Waals surface area contributed by atoms with E-state index in [0.29, 0.717) is 34.7 Å². The van der Waals surface area contributed by atoms with Crippen molar-refractivity contribution >= 4 is 23.3 Å². The van der Waals surface area contributed by atoms with Crippen LogP contribution in [0.15, 0.2) is 17.2 Å². The van der Waals surface area contributed by atoms with Crippen LogP contribution in [0.4, 0.5) is 0 Å². The Morgan fingerprint density at radius 3 is 2.33 bits per heavy atom. The van der Waals surface area contributed by atoms with E-state index in [-0.39, 0.29) is 23.6 Å². The first-order chi connectivity index (χ1) is 12.6. The maximum absolute atomic E-state index is 13.1. The van der Waals surface area contributed by atoms with Crippen molar-refractivity contribution in [2.45, 2.75) is 25.0 Å². The lowest BCUT2D eigenvalue weighted by Crippen LogP contribution is -2.47. The van der Waals surface area contributed by atoms with E-state index in [1.54, 1.807) is 24.1 Å². The molecule has 8 nitrogen and oxygen atoms in total. The topological polar surface area (TPSA) is 83.8 Å². The number of piperidine rings is 1. The summed E-state index contributed by atoms with van der Waals surface area (Å²) in [5.41, 5.74) is -0.0853. The van der Waals surface area contributed by atoms with Crippen molar-refractivity contribution in [3.8, 4) is 17.2 Å². The molecule has 0 amide bonds. The Hall–Kier alpha value is -2.03. The standard InChI is InChI=1S/C18H25N3O5.ClH/c1-23-13-9-12-14(16(25-3)15(13)24-2)20-11-21(17(12)22)10-18(26-4)5-7-19-8-6-18;/h9,11,19H,5-8,10H2,1-4H3;1H. The van der Waals surface area contributed by atoms with Crippen LogP contribution in [0.1, 0.15) is 12.8 Å². The first-order valence-electron chi connectivity index (χ1n) is 8.53. The van der Waals surface area contributed by atoms with E-state index in [4.69, 9.17) is 18.9 Å². The van der Waals surface area contributed by atoms with Gasteiger partial charge in [0.05, 0.1) is 45.2 Å². The van der Waals surface area contributed by atoms with Crippen molar-refractivity contribution in [1.82, 2.24) is 14.9 Å². The largest absolute Gasteiger partial charge is 0.493 e. The highest BCUT2D eigenvalue weighted by Crippen LogP contribution is 2.41. The van der Waals surface area contributed by atoms with Gasteiger partial charge in [0.1, 0.15) is 5.52 Å². The smallest absolute Gasteiger partial charge is 0.261 e. The van der Waals surface area contributed by atoms with E-state index in [9.17, 15) is 4.79 Å². The molecule has 150 valence electrons. The van der Waals surface area contributed by atoms with Gasteiger partial charge in [-0.15, -0.1) is 12.4 Å². The van der Waals surface area contributed by atoms with Crippen LogP contribution in [-0.4, -0.2) is 56.7 Å². The quantitative estimate of drug-likeness (QED) is 0.790. The van der Waals surface area contributed by atoms with E-state index >= 15 is 0 Å². The highest BCUT2D eigenvalue weighted by atomic mass is 35.5. The average Bonchev–Trinajstić information content (AvgIpc) is 2.69. The number of nitrogens with zero attached hydrogens (tertiary/aromatic N) is 2. The van der Waals surface area contributed by atoms with Gasteiger partial charge in [-0.2, -0.15) is 0 Å². The van der Waals surface area contributed by atoms with Gasteiger partial charge in [0, 0.05) is 7.11 Å². The Morgan fingerprint density at radius 1 is 1.11 bits per heavy atom. The summed E-state index contributed by atoms with van der Waals surface area (Å²) in [5, 5.41) is 3.74. The molecule has 1 saturated heterocycles. The van der Waals surface area contributed by atoms with Crippen LogP contribution < -0.4 is 25.1 Å². The van der Waals surface area contributed by atoms with Crippen LogP contribution in [0.25, 0.3) is 10.9 Å². The average molecular weight is 400 g/mol. The maximum Gasteiger partial charge on any atom is 0.261 e. The van der Waals surface area contributed by atoms with Crippen LogP contribution in [0.5, 0.6) is 17.2 Å². The molecule has 0 atom stereocenters. The van der Waals surface area contributed by atoms with Crippen molar-refractivity contribution in [2.75, 3.05) is 41.5 Å². The van der Waals surface area contributed by atoms with Crippen LogP contribution >= 0.6 is 12.4 Å². The van der Waals surface area contributed by atoms with Crippen LogP contribution in [0.3, 0.4) is 0 Å². The summed E-state index contributed by atoms with van der Waals surface area (Å²) in [6.07, 6.45) is 3.22. The van der Waals surface area contributed by atoms with Gasteiger partial charge in [-0.25, -0.2) is 4.98 Å². The Balaban J connectivity index is 0.00000261. The summed E-state index contributed by atoms with van der Waals surface area (Å²) in [5.74, 6) is 1.23. The molecule has 1 aromatic heterocycles. The fourth-order valence-corrected chi connectivity index (χ4v) is 3.50. The minimum atomic E-state index is -0.370. The molecular weight excluding hydrogens is 374 g/mol. The molecule has 0 unspecified atom stereocenters. The van der Waals surface area contributed by atoms with Crippen molar-refractivity contribution in [3.63, 3.8) is 0 Å². The second-order valence-electron chi connectivity index (χ2n) is 6.36. The summed E-state index contributed by atoms with van der Waals surface area (Å²) in [4.78, 5) is 17.6. The second-order valence-corrected chi connectivity index (χ2v) is 6.36. The van der Waals surface area contributed by atoms with E-state index in [2.05, 4.69) is 10.3 Å². The predicted molar refractivity (Wildman–Crippen MR) is 105 cm³/mol. The fraction of sp³-hybridized carbons (Fsp3) is 0.556. The van der Waals surface area contributed by atoms with Gasteiger partial charge in [0.2, 0.25) is 5.75 Å². The molecule has 0 aliphatic carbocycles. The molecule has 2 heterocycles. The third-order valence-corrected chi connectivity index (χ3v) is 5.03. The Bertz CT molecular complexity index is 849. The molecule has 0 spiro atoms. The number of rotatable bonds is 6. The van der Waals surface area contributed by atoms with Crippen LogP contribution in [0.2, 0.25) is 0 Å². The molecule has 1 aliphatic rings. The minimum absolute atomic E-state index is 0. The molecule has 1 aliphatic heterocycles. The molecule has 1 N–H and O–H groups in total. The third-order valence-electron chi connectivity index (χ3n) is 5.03. The number of fused-ring (bicyclic) bond motifs is 1. The van der Waals surface area contributed by atoms with E-state index in [1.807, 2.05) is 0 Å². The van der Waals surface area contributed by atoms with E-state index in [1.165, 1.54) is 21.3 Å². The maximum atomic E-state index is 13.1. The number of hydrogen-bond acceptors (Lipinski definition) is 7. The van der Waals surface area contributed by atoms with Gasteiger partial charge in [-0.3, -0.25) is 9.36 Å². The number of benzene rings is 1. The first kappa shape index (κ1) is 21.3. The summed E-state index contributed by atoms with van der Waals surface area (Å²) < 4.78 is 23.5. The zero-order chi connectivity index (χ0) is 18.7. The molecule has 9 heteroatoms. The van der Waals surface area contributed by atoms with Crippen LogP contribution in [0, 0.1) is 0 Å². The van der Waals surface area contributed by atoms with Crippen molar-refractivity contribution in [1.29, 1.82) is 0 Å². The lowest BCUT2D eigenvalue weighted by atomic mass is 9.92. The van der Waals surface area contributed by atoms with Gasteiger partial charge < -0.3 is 24.3 Å². The minimum Gasteiger partial charge on any atom is -0.493 e. The number of hydrogen-bond donors (Lipinski definition) is 1. The van der Waals surface area contributed by atoms with Gasteiger partial charge in [0.15, 0.2) is 11.5 Å². The molecule has 3 rings (SSSR count). The number of aromatic nitrogens is 2. The Kier molecular flexibility index (Phi) is 6.91. The molecule has 1 aromatic carbocycles. The highest BCUT2D eigenvalue weighted by Gasteiger charge is 2.33. The van der Waals surface area contributed by atoms with E-state index < -0.39 is 0 Å². The van der Waals surface area contributed by atoms with E-state index in [0.717, 1.165) is 25.9 Å². The predicted octanol–water partition coefficient (Wildman–Crippen LogP) is 1.61. The molecular formula is C18H26ClN3O5. The molecule has 1 fully saturated rings. The monoisotopic (exact) mass is 399 g/mol. The molecule has 0 bridgehead atoms. The lowest BCUT2D eigenvalue weighted by molar-refractivity contribution is -0.0474. The zero-order valence-electron chi connectivity index (χ0n) is 16.0.